The number of amides is 1. The summed E-state index contributed by atoms with van der Waals surface area (Å²) in [6.45, 7) is 4.72. The Kier molecular flexibility index (Phi) is 6.79. The fourth-order valence-electron chi connectivity index (χ4n) is 3.35. The van der Waals surface area contributed by atoms with Gasteiger partial charge >= 0.3 is 0 Å². The highest BCUT2D eigenvalue weighted by Crippen LogP contribution is 2.34. The highest BCUT2D eigenvalue weighted by Gasteiger charge is 2.28. The van der Waals surface area contributed by atoms with Gasteiger partial charge in [0.25, 0.3) is 0 Å². The van der Waals surface area contributed by atoms with Crippen molar-refractivity contribution in [3.63, 3.8) is 0 Å². The molecule has 2 aromatic carbocycles. The number of hydrogen-bond acceptors (Lipinski definition) is 5. The van der Waals surface area contributed by atoms with Gasteiger partial charge in [0.2, 0.25) is 15.9 Å². The molecule has 0 aromatic heterocycles. The number of sulfonamides is 1. The van der Waals surface area contributed by atoms with Crippen molar-refractivity contribution >= 4 is 21.6 Å². The van der Waals surface area contributed by atoms with Crippen LogP contribution in [0.15, 0.2) is 60.0 Å². The van der Waals surface area contributed by atoms with E-state index >= 15 is 0 Å². The van der Waals surface area contributed by atoms with Crippen LogP contribution in [0.25, 0.3) is 0 Å². The van der Waals surface area contributed by atoms with E-state index in [0.29, 0.717) is 36.8 Å². The molecule has 30 heavy (non-hydrogen) atoms. The van der Waals surface area contributed by atoms with Crippen LogP contribution < -0.4 is 14.4 Å². The molecule has 1 aliphatic heterocycles. The Morgan fingerprint density at radius 3 is 2.70 bits per heavy atom. The topological polar surface area (TPSA) is 76.2 Å². The summed E-state index contributed by atoms with van der Waals surface area (Å²) in [5.41, 5.74) is 1.28. The van der Waals surface area contributed by atoms with Gasteiger partial charge in [0, 0.05) is 26.6 Å². The third-order valence-electron chi connectivity index (χ3n) is 4.89. The highest BCUT2D eigenvalue weighted by molar-refractivity contribution is 7.89. The fourth-order valence-corrected chi connectivity index (χ4v) is 4.53. The molecule has 1 fully saturated rings. The smallest absolute Gasteiger partial charge is 0.243 e. The molecule has 0 aliphatic carbocycles. The summed E-state index contributed by atoms with van der Waals surface area (Å²) in [6, 6.07) is 11.9. The number of carbonyl (C=O) groups is 1. The summed E-state index contributed by atoms with van der Waals surface area (Å²) < 4.78 is 38.5. The summed E-state index contributed by atoms with van der Waals surface area (Å²) in [6.07, 6.45) is 2.84. The predicted molar refractivity (Wildman–Crippen MR) is 115 cm³/mol. The van der Waals surface area contributed by atoms with Gasteiger partial charge in [-0.2, -0.15) is 4.31 Å². The van der Waals surface area contributed by atoms with Crippen LogP contribution in [0.4, 0.5) is 5.69 Å². The second kappa shape index (κ2) is 9.32. The maximum Gasteiger partial charge on any atom is 0.243 e. The molecule has 0 radical (unpaired) electrons. The fraction of sp³-hybridized carbons (Fsp3) is 0.318. The maximum atomic E-state index is 13.2. The van der Waals surface area contributed by atoms with Crippen LogP contribution in [0.3, 0.4) is 0 Å². The third kappa shape index (κ3) is 4.66. The summed E-state index contributed by atoms with van der Waals surface area (Å²) in [5, 5.41) is 0. The number of nitrogens with zero attached hydrogens (tertiary/aromatic N) is 2. The molecule has 1 aliphatic rings. The zero-order chi connectivity index (χ0) is 21.7. The van der Waals surface area contributed by atoms with E-state index in [0.717, 1.165) is 12.0 Å². The number of hydrogen-bond donors (Lipinski definition) is 0. The Balaban J connectivity index is 1.85. The molecule has 0 unspecified atom stereocenters. The molecule has 1 heterocycles. The second-order valence-corrected chi connectivity index (χ2v) is 9.04. The number of anilines is 1. The van der Waals surface area contributed by atoms with Gasteiger partial charge in [-0.15, -0.1) is 0 Å². The molecule has 160 valence electrons. The molecule has 8 heteroatoms. The molecule has 1 amide bonds. The monoisotopic (exact) mass is 430 g/mol. The molecule has 2 aromatic rings. The zero-order valence-electron chi connectivity index (χ0n) is 17.2. The van der Waals surface area contributed by atoms with Crippen molar-refractivity contribution in [1.29, 1.82) is 0 Å². The number of ether oxygens (including phenoxy) is 2. The first kappa shape index (κ1) is 21.9. The number of rotatable bonds is 9. The van der Waals surface area contributed by atoms with E-state index in [1.807, 2.05) is 18.2 Å². The molecular formula is C22H26N2O5S. The summed E-state index contributed by atoms with van der Waals surface area (Å²) in [7, 11) is -0.752. The van der Waals surface area contributed by atoms with Crippen molar-refractivity contribution in [2.45, 2.75) is 24.3 Å². The van der Waals surface area contributed by atoms with Crippen molar-refractivity contribution in [3.8, 4) is 11.5 Å². The summed E-state index contributed by atoms with van der Waals surface area (Å²) in [5.74, 6) is 1.09. The van der Waals surface area contributed by atoms with E-state index in [1.165, 1.54) is 30.6 Å². The Hall–Kier alpha value is -2.84. The first-order valence-corrected chi connectivity index (χ1v) is 11.1. The Morgan fingerprint density at radius 1 is 1.23 bits per heavy atom. The first-order chi connectivity index (χ1) is 14.4. The normalized spacial score (nSPS) is 14.2. The van der Waals surface area contributed by atoms with Gasteiger partial charge in [0.05, 0.1) is 17.7 Å². The largest absolute Gasteiger partial charge is 0.495 e. The third-order valence-corrected chi connectivity index (χ3v) is 6.69. The predicted octanol–water partition coefficient (Wildman–Crippen LogP) is 3.21. The summed E-state index contributed by atoms with van der Waals surface area (Å²) >= 11 is 0. The lowest BCUT2D eigenvalue weighted by atomic mass is 10.2. The van der Waals surface area contributed by atoms with Crippen molar-refractivity contribution < 1.29 is 22.7 Å². The van der Waals surface area contributed by atoms with Gasteiger partial charge in [-0.05, 0) is 42.3 Å². The van der Waals surface area contributed by atoms with Crippen LogP contribution in [0.2, 0.25) is 0 Å². The molecule has 0 N–H and O–H groups in total. The van der Waals surface area contributed by atoms with E-state index in [-0.39, 0.29) is 17.3 Å². The van der Waals surface area contributed by atoms with E-state index in [9.17, 15) is 13.2 Å². The quantitative estimate of drug-likeness (QED) is 0.571. The minimum atomic E-state index is -3.78. The van der Waals surface area contributed by atoms with Gasteiger partial charge < -0.3 is 14.4 Å². The van der Waals surface area contributed by atoms with Crippen molar-refractivity contribution in [1.82, 2.24) is 4.31 Å². The van der Waals surface area contributed by atoms with Crippen LogP contribution in [-0.2, 0) is 21.4 Å². The van der Waals surface area contributed by atoms with Crippen molar-refractivity contribution in [2.75, 3.05) is 32.2 Å². The van der Waals surface area contributed by atoms with E-state index in [1.54, 1.807) is 23.1 Å². The van der Waals surface area contributed by atoms with Crippen LogP contribution >= 0.6 is 0 Å². The second-order valence-electron chi connectivity index (χ2n) is 6.99. The van der Waals surface area contributed by atoms with E-state index < -0.39 is 10.0 Å². The van der Waals surface area contributed by atoms with Crippen molar-refractivity contribution in [2.24, 2.45) is 0 Å². The Bertz CT molecular complexity index is 1040. The molecule has 0 spiro atoms. The summed E-state index contributed by atoms with van der Waals surface area (Å²) in [4.78, 5) is 13.9. The van der Waals surface area contributed by atoms with Crippen LogP contribution in [0.5, 0.6) is 11.5 Å². The van der Waals surface area contributed by atoms with Crippen LogP contribution in [0, 0.1) is 0 Å². The Labute approximate surface area is 177 Å². The minimum absolute atomic E-state index is 0.0347. The standard InChI is InChI=1S/C22H26N2O5S/c1-4-13-29-18-8-5-7-17(14-18)16-23(2)30(26,27)19-10-11-21(28-3)20(15-19)24-12-6-9-22(24)25/h4-5,7-8,10-11,14-15H,1,6,9,12-13,16H2,2-3H3. The minimum Gasteiger partial charge on any atom is -0.495 e. The van der Waals surface area contributed by atoms with Crippen LogP contribution in [0.1, 0.15) is 18.4 Å². The highest BCUT2D eigenvalue weighted by atomic mass is 32.2. The van der Waals surface area contributed by atoms with Gasteiger partial charge in [-0.1, -0.05) is 24.8 Å². The number of methoxy groups -OCH3 is 1. The van der Waals surface area contributed by atoms with Gasteiger partial charge in [-0.25, -0.2) is 8.42 Å². The van der Waals surface area contributed by atoms with Crippen molar-refractivity contribution in [3.05, 3.63) is 60.7 Å². The lowest BCUT2D eigenvalue weighted by Crippen LogP contribution is -2.28. The zero-order valence-corrected chi connectivity index (χ0v) is 18.0. The molecule has 1 saturated heterocycles. The van der Waals surface area contributed by atoms with E-state index in [2.05, 4.69) is 6.58 Å². The molecule has 0 bridgehead atoms. The number of carbonyl (C=O) groups excluding carboxylic acids is 1. The SMILES string of the molecule is C=CCOc1cccc(CN(C)S(=O)(=O)c2ccc(OC)c(N3CCCC3=O)c2)c1. The molecule has 0 atom stereocenters. The van der Waals surface area contributed by atoms with Gasteiger partial charge in [-0.3, -0.25) is 4.79 Å². The average molecular weight is 431 g/mol. The van der Waals surface area contributed by atoms with Gasteiger partial charge in [0.1, 0.15) is 18.1 Å². The molecule has 0 saturated carbocycles. The van der Waals surface area contributed by atoms with Crippen LogP contribution in [-0.4, -0.2) is 45.9 Å². The van der Waals surface area contributed by atoms with Gasteiger partial charge in [0.15, 0.2) is 0 Å². The number of benzene rings is 2. The molecule has 7 nitrogen and oxygen atoms in total. The Morgan fingerprint density at radius 2 is 2.03 bits per heavy atom. The lowest BCUT2D eigenvalue weighted by Gasteiger charge is -2.22. The molecular weight excluding hydrogens is 404 g/mol. The first-order valence-electron chi connectivity index (χ1n) is 9.64. The van der Waals surface area contributed by atoms with E-state index in [4.69, 9.17) is 9.47 Å². The lowest BCUT2D eigenvalue weighted by molar-refractivity contribution is -0.117. The maximum absolute atomic E-state index is 13.2. The molecule has 3 rings (SSSR count). The average Bonchev–Trinajstić information content (AvgIpc) is 3.17.